The second-order valence-corrected chi connectivity index (χ2v) is 4.18. The number of imide groups is 1. The lowest BCUT2D eigenvalue weighted by Crippen LogP contribution is -2.42. The SMILES string of the molecule is Cc1cc(C)c(NC(=O)NC(=O)C(F)(F)F)c(C)c1. The van der Waals surface area contributed by atoms with Crippen molar-refractivity contribution in [1.82, 2.24) is 5.32 Å². The van der Waals surface area contributed by atoms with Crippen LogP contribution >= 0.6 is 0 Å². The number of nitrogens with one attached hydrogen (secondary N) is 2. The van der Waals surface area contributed by atoms with Gasteiger partial charge in [-0.1, -0.05) is 17.7 Å². The van der Waals surface area contributed by atoms with Gasteiger partial charge in [0.15, 0.2) is 0 Å². The van der Waals surface area contributed by atoms with E-state index in [2.05, 4.69) is 5.32 Å². The minimum Gasteiger partial charge on any atom is -0.307 e. The van der Waals surface area contributed by atoms with Crippen LogP contribution in [0, 0.1) is 20.8 Å². The van der Waals surface area contributed by atoms with Gasteiger partial charge in [0, 0.05) is 5.69 Å². The summed E-state index contributed by atoms with van der Waals surface area (Å²) in [6, 6.07) is 2.33. The summed E-state index contributed by atoms with van der Waals surface area (Å²) in [6.45, 7) is 5.28. The van der Waals surface area contributed by atoms with E-state index in [1.165, 1.54) is 5.32 Å². The first-order valence-electron chi connectivity index (χ1n) is 5.38. The molecule has 0 unspecified atom stereocenters. The molecule has 0 aliphatic heterocycles. The number of carbonyl (C=O) groups excluding carboxylic acids is 2. The Morgan fingerprint density at radius 2 is 1.53 bits per heavy atom. The van der Waals surface area contributed by atoms with Crippen molar-refractivity contribution >= 4 is 17.6 Å². The zero-order valence-electron chi connectivity index (χ0n) is 10.6. The number of amides is 3. The highest BCUT2D eigenvalue weighted by atomic mass is 19.4. The molecule has 0 aromatic heterocycles. The molecule has 7 heteroatoms. The quantitative estimate of drug-likeness (QED) is 0.827. The van der Waals surface area contributed by atoms with Crippen molar-refractivity contribution in [1.29, 1.82) is 0 Å². The molecule has 1 aromatic rings. The Labute approximate surface area is 108 Å². The third kappa shape index (κ3) is 3.97. The third-order valence-corrected chi connectivity index (χ3v) is 2.40. The lowest BCUT2D eigenvalue weighted by molar-refractivity contribution is -0.172. The van der Waals surface area contributed by atoms with E-state index in [9.17, 15) is 22.8 Å². The fourth-order valence-electron chi connectivity index (χ4n) is 1.70. The van der Waals surface area contributed by atoms with Crippen LogP contribution in [0.25, 0.3) is 0 Å². The standard InChI is InChI=1S/C12H13F3N2O2/c1-6-4-7(2)9(8(3)5-6)16-11(19)17-10(18)12(13,14)15/h4-5H,1-3H3,(H2,16,17,18,19). The number of halogens is 3. The van der Waals surface area contributed by atoms with E-state index in [0.717, 1.165) is 5.56 Å². The van der Waals surface area contributed by atoms with E-state index in [1.807, 2.05) is 6.92 Å². The van der Waals surface area contributed by atoms with Crippen LogP contribution < -0.4 is 10.6 Å². The summed E-state index contributed by atoms with van der Waals surface area (Å²) in [5.74, 6) is -2.30. The molecule has 19 heavy (non-hydrogen) atoms. The fraction of sp³-hybridized carbons (Fsp3) is 0.333. The Morgan fingerprint density at radius 3 is 1.95 bits per heavy atom. The molecule has 0 radical (unpaired) electrons. The van der Waals surface area contributed by atoms with Crippen molar-refractivity contribution in [3.8, 4) is 0 Å². The fourth-order valence-corrected chi connectivity index (χ4v) is 1.70. The summed E-state index contributed by atoms with van der Waals surface area (Å²) < 4.78 is 35.9. The van der Waals surface area contributed by atoms with Crippen molar-refractivity contribution in [3.63, 3.8) is 0 Å². The molecule has 1 rings (SSSR count). The highest BCUT2D eigenvalue weighted by Gasteiger charge is 2.39. The van der Waals surface area contributed by atoms with Crippen LogP contribution in [0.1, 0.15) is 16.7 Å². The maximum atomic E-state index is 12.0. The smallest absolute Gasteiger partial charge is 0.307 e. The van der Waals surface area contributed by atoms with Gasteiger partial charge in [0.1, 0.15) is 0 Å². The van der Waals surface area contributed by atoms with Crippen LogP contribution in [0.15, 0.2) is 12.1 Å². The van der Waals surface area contributed by atoms with Gasteiger partial charge in [0.25, 0.3) is 0 Å². The molecule has 3 amide bonds. The van der Waals surface area contributed by atoms with Crippen LogP contribution in [0.5, 0.6) is 0 Å². The summed E-state index contributed by atoms with van der Waals surface area (Å²) in [7, 11) is 0. The summed E-state index contributed by atoms with van der Waals surface area (Å²) in [4.78, 5) is 21.9. The molecular weight excluding hydrogens is 261 g/mol. The average molecular weight is 274 g/mol. The Hall–Kier alpha value is -2.05. The average Bonchev–Trinajstić information content (AvgIpc) is 2.21. The Balaban J connectivity index is 2.82. The van der Waals surface area contributed by atoms with E-state index >= 15 is 0 Å². The largest absolute Gasteiger partial charge is 0.471 e. The molecule has 0 aliphatic rings. The number of hydrogen-bond acceptors (Lipinski definition) is 2. The predicted octanol–water partition coefficient (Wildman–Crippen LogP) is 2.82. The van der Waals surface area contributed by atoms with E-state index in [1.54, 1.807) is 26.0 Å². The van der Waals surface area contributed by atoms with Gasteiger partial charge in [0.2, 0.25) is 0 Å². The summed E-state index contributed by atoms with van der Waals surface area (Å²) in [5.41, 5.74) is 2.75. The molecule has 0 atom stereocenters. The Morgan fingerprint density at radius 1 is 1.05 bits per heavy atom. The number of benzene rings is 1. The van der Waals surface area contributed by atoms with Gasteiger partial charge in [-0.2, -0.15) is 13.2 Å². The molecule has 0 fully saturated rings. The van der Waals surface area contributed by atoms with Gasteiger partial charge in [-0.3, -0.25) is 10.1 Å². The van der Waals surface area contributed by atoms with E-state index < -0.39 is 18.1 Å². The van der Waals surface area contributed by atoms with Gasteiger partial charge < -0.3 is 5.32 Å². The second kappa shape index (κ2) is 5.29. The Kier molecular flexibility index (Phi) is 4.18. The first kappa shape index (κ1) is 15.0. The van der Waals surface area contributed by atoms with Crippen molar-refractivity contribution < 1.29 is 22.8 Å². The van der Waals surface area contributed by atoms with Crippen LogP contribution in [-0.4, -0.2) is 18.1 Å². The van der Waals surface area contributed by atoms with Gasteiger partial charge >= 0.3 is 18.1 Å². The molecule has 0 spiro atoms. The highest BCUT2D eigenvalue weighted by Crippen LogP contribution is 2.22. The molecule has 0 saturated heterocycles. The molecule has 0 saturated carbocycles. The van der Waals surface area contributed by atoms with Crippen LogP contribution in [-0.2, 0) is 4.79 Å². The van der Waals surface area contributed by atoms with E-state index in [4.69, 9.17) is 0 Å². The lowest BCUT2D eigenvalue weighted by Gasteiger charge is -2.13. The molecule has 0 aliphatic carbocycles. The molecule has 0 bridgehead atoms. The van der Waals surface area contributed by atoms with Gasteiger partial charge in [-0.15, -0.1) is 0 Å². The first-order valence-corrected chi connectivity index (χ1v) is 5.38. The second-order valence-electron chi connectivity index (χ2n) is 4.18. The normalized spacial score (nSPS) is 11.1. The monoisotopic (exact) mass is 274 g/mol. The zero-order chi connectivity index (χ0) is 14.8. The van der Waals surface area contributed by atoms with Gasteiger partial charge in [0.05, 0.1) is 0 Å². The number of alkyl halides is 3. The Bertz CT molecular complexity index is 501. The minimum atomic E-state index is -5.09. The number of carbonyl (C=O) groups is 2. The van der Waals surface area contributed by atoms with Gasteiger partial charge in [-0.25, -0.2) is 4.79 Å². The van der Waals surface area contributed by atoms with E-state index in [0.29, 0.717) is 16.8 Å². The van der Waals surface area contributed by atoms with Crippen molar-refractivity contribution in [3.05, 3.63) is 28.8 Å². The molecule has 1 aromatic carbocycles. The van der Waals surface area contributed by atoms with Crippen molar-refractivity contribution in [2.24, 2.45) is 0 Å². The summed E-state index contributed by atoms with van der Waals surface area (Å²) in [6.07, 6.45) is -5.09. The first-order chi connectivity index (χ1) is 8.61. The lowest BCUT2D eigenvalue weighted by atomic mass is 10.1. The molecule has 2 N–H and O–H groups in total. The number of anilines is 1. The van der Waals surface area contributed by atoms with E-state index in [-0.39, 0.29) is 0 Å². The molecular formula is C12H13F3N2O2. The topological polar surface area (TPSA) is 58.2 Å². The van der Waals surface area contributed by atoms with Crippen molar-refractivity contribution in [2.75, 3.05) is 5.32 Å². The predicted molar refractivity (Wildman–Crippen MR) is 63.9 cm³/mol. The minimum absolute atomic E-state index is 0.387. The van der Waals surface area contributed by atoms with Crippen LogP contribution in [0.2, 0.25) is 0 Å². The highest BCUT2D eigenvalue weighted by molar-refractivity contribution is 6.03. The molecule has 4 nitrogen and oxygen atoms in total. The third-order valence-electron chi connectivity index (χ3n) is 2.40. The zero-order valence-corrected chi connectivity index (χ0v) is 10.6. The van der Waals surface area contributed by atoms with Crippen LogP contribution in [0.3, 0.4) is 0 Å². The van der Waals surface area contributed by atoms with Crippen molar-refractivity contribution in [2.45, 2.75) is 26.9 Å². The molecule has 0 heterocycles. The number of hydrogen-bond donors (Lipinski definition) is 2. The molecule has 104 valence electrons. The maximum Gasteiger partial charge on any atom is 0.471 e. The summed E-state index contributed by atoms with van der Waals surface area (Å²) >= 11 is 0. The van der Waals surface area contributed by atoms with Gasteiger partial charge in [-0.05, 0) is 31.9 Å². The number of rotatable bonds is 1. The van der Waals surface area contributed by atoms with Crippen LogP contribution in [0.4, 0.5) is 23.7 Å². The number of aryl methyl sites for hydroxylation is 3. The maximum absolute atomic E-state index is 12.0. The number of urea groups is 1. The summed E-state index contributed by atoms with van der Waals surface area (Å²) in [5, 5.41) is 3.46.